The van der Waals surface area contributed by atoms with Crippen LogP contribution in [0.25, 0.3) is 44.1 Å². The molecule has 41 heavy (non-hydrogen) atoms. The largest absolute Gasteiger partial charge is 1.00 e. The minimum atomic E-state index is -4.75. The maximum Gasteiger partial charge on any atom is 1.00 e. The van der Waals surface area contributed by atoms with E-state index in [2.05, 4.69) is 9.97 Å². The van der Waals surface area contributed by atoms with E-state index in [1.54, 1.807) is 0 Å². The van der Waals surface area contributed by atoms with E-state index < -0.39 is 53.4 Å². The zero-order valence-corrected chi connectivity index (χ0v) is 24.5. The number of hydrogen-bond donors (Lipinski definition) is 4. The zero-order chi connectivity index (χ0) is 29.0. The number of carboxylic acid groups (broad SMARTS) is 2. The summed E-state index contributed by atoms with van der Waals surface area (Å²) >= 11 is 0. The Morgan fingerprint density at radius 3 is 1.24 bits per heavy atom. The van der Waals surface area contributed by atoms with Crippen molar-refractivity contribution in [1.82, 2.24) is 9.97 Å². The molecule has 4 N–H and O–H groups in total. The van der Waals surface area contributed by atoms with Crippen LogP contribution in [-0.2, 0) is 20.2 Å². The van der Waals surface area contributed by atoms with Crippen LogP contribution < -0.4 is 29.6 Å². The van der Waals surface area contributed by atoms with Crippen molar-refractivity contribution in [3.05, 3.63) is 84.2 Å². The van der Waals surface area contributed by atoms with Gasteiger partial charge in [0.15, 0.2) is 0 Å². The molecule has 0 amide bonds. The van der Waals surface area contributed by atoms with Crippen LogP contribution in [0.1, 0.15) is 22.4 Å². The Balaban J connectivity index is 0.00000242. The Hall–Kier alpha value is -3.76. The van der Waals surface area contributed by atoms with Crippen LogP contribution in [0.2, 0.25) is 0 Å². The maximum atomic E-state index is 12.1. The molecule has 0 unspecified atom stereocenters. The molecule has 5 rings (SSSR count). The third-order valence-corrected chi connectivity index (χ3v) is 7.93. The first kappa shape index (κ1) is 30.2. The number of benzene rings is 3. The van der Waals surface area contributed by atoms with Crippen molar-refractivity contribution in [3.63, 3.8) is 0 Å². The summed E-state index contributed by atoms with van der Waals surface area (Å²) in [6.07, 6.45) is 0. The Kier molecular flexibility index (Phi) is 8.03. The molecule has 204 valence electrons. The predicted octanol–water partition coefficient (Wildman–Crippen LogP) is 1.12. The van der Waals surface area contributed by atoms with E-state index in [4.69, 9.17) is 0 Å². The minimum absolute atomic E-state index is 0. The van der Waals surface area contributed by atoms with Crippen LogP contribution in [0, 0.1) is 0 Å². The number of pyridine rings is 2. The van der Waals surface area contributed by atoms with Crippen molar-refractivity contribution in [3.8, 4) is 22.3 Å². The Labute approximate surface area is 255 Å². The average molecular weight is 605 g/mol. The smallest absolute Gasteiger partial charge is 1.00 e. The number of carboxylic acids is 2. The summed E-state index contributed by atoms with van der Waals surface area (Å²) in [5, 5.41) is 19.9. The van der Waals surface area contributed by atoms with Gasteiger partial charge in [0, 0.05) is 21.9 Å². The van der Waals surface area contributed by atoms with E-state index in [-0.39, 0.29) is 75.0 Å². The van der Waals surface area contributed by atoms with E-state index in [0.29, 0.717) is 0 Å². The Bertz CT molecular complexity index is 1990. The Morgan fingerprint density at radius 2 is 0.927 bits per heavy atom. The second-order valence-electron chi connectivity index (χ2n) is 8.52. The van der Waals surface area contributed by atoms with E-state index in [0.717, 1.165) is 24.3 Å². The summed E-state index contributed by atoms with van der Waals surface area (Å²) in [6.45, 7) is 0. The van der Waals surface area contributed by atoms with Gasteiger partial charge in [-0.15, -0.1) is 0 Å². The minimum Gasteiger partial charge on any atom is -1.00 e. The maximum absolute atomic E-state index is 12.1. The molecule has 0 radical (unpaired) electrons. The summed E-state index contributed by atoms with van der Waals surface area (Å²) in [5.41, 5.74) is -1.36. The molecule has 0 spiro atoms. The van der Waals surface area contributed by atoms with Crippen LogP contribution in [0.15, 0.2) is 82.6 Å². The van der Waals surface area contributed by atoms with Crippen molar-refractivity contribution in [2.24, 2.45) is 0 Å². The molecular weight excluding hydrogens is 587 g/mol. The average Bonchev–Trinajstić information content (AvgIpc) is 2.90. The molecule has 0 bridgehead atoms. The van der Waals surface area contributed by atoms with E-state index >= 15 is 0 Å². The second kappa shape index (κ2) is 10.9. The van der Waals surface area contributed by atoms with Gasteiger partial charge < -0.3 is 11.6 Å². The topological polar surface area (TPSA) is 209 Å². The van der Waals surface area contributed by atoms with Gasteiger partial charge in [0.05, 0.1) is 11.0 Å². The van der Waals surface area contributed by atoms with Crippen molar-refractivity contribution in [1.29, 1.82) is 0 Å². The molecule has 5 aromatic rings. The van der Waals surface area contributed by atoms with Crippen LogP contribution in [0.3, 0.4) is 0 Å². The van der Waals surface area contributed by atoms with E-state index in [9.17, 15) is 45.7 Å². The monoisotopic (exact) mass is 604 g/mol. The second-order valence-corrected chi connectivity index (χ2v) is 11.3. The number of fused-ring (bicyclic) bond motifs is 3. The summed E-state index contributed by atoms with van der Waals surface area (Å²) in [7, 11) is -9.49. The molecule has 0 aliphatic carbocycles. The number of aromatic nitrogens is 2. The SMILES string of the molecule is O=C(O)c1cc(-c2ccccc2S(=O)(=O)O)c2ccc3c(-c4ccccc4S(=O)(=O)O)cc(C(=O)O)nc3c2n1.[H-].[Na+]. The van der Waals surface area contributed by atoms with Gasteiger partial charge in [-0.3, -0.25) is 9.11 Å². The predicted molar refractivity (Wildman–Crippen MR) is 143 cm³/mol. The fourth-order valence-electron chi connectivity index (χ4n) is 4.47. The summed E-state index contributed by atoms with van der Waals surface area (Å²) in [5.74, 6) is -2.98. The molecule has 0 fully saturated rings. The van der Waals surface area contributed by atoms with Crippen LogP contribution in [0.4, 0.5) is 0 Å². The van der Waals surface area contributed by atoms with E-state index in [1.165, 1.54) is 48.5 Å². The molecule has 0 atom stereocenters. The van der Waals surface area contributed by atoms with Crippen molar-refractivity contribution in [2.75, 3.05) is 0 Å². The van der Waals surface area contributed by atoms with Crippen LogP contribution >= 0.6 is 0 Å². The Morgan fingerprint density at radius 1 is 0.585 bits per heavy atom. The van der Waals surface area contributed by atoms with Gasteiger partial charge in [-0.1, -0.05) is 48.5 Å². The van der Waals surface area contributed by atoms with Gasteiger partial charge in [0.25, 0.3) is 20.2 Å². The molecular formula is C26H17N2NaO10S2. The molecule has 2 heterocycles. The zero-order valence-electron chi connectivity index (χ0n) is 21.9. The number of aromatic carboxylic acids is 2. The quantitative estimate of drug-likeness (QED) is 0.122. The van der Waals surface area contributed by atoms with Gasteiger partial charge in [-0.25, -0.2) is 19.6 Å². The molecule has 0 aliphatic heterocycles. The first-order valence-corrected chi connectivity index (χ1v) is 14.0. The number of nitrogens with zero attached hydrogens (tertiary/aromatic N) is 2. The standard InChI is InChI=1S/C26H16N2O10S2.Na.H/c29-25(30)19-11-17(13-5-1-3-7-21(13)39(33,34)35)15-9-10-16-18(14-6-2-4-8-22(14)40(36,37)38)12-20(26(31)32)28-24(16)23(15)27-19;;/h1-12H,(H,29,30)(H,31,32)(H,33,34,35)(H,36,37,38);;/q;+1;-1. The van der Waals surface area contributed by atoms with Gasteiger partial charge in [0.1, 0.15) is 21.2 Å². The van der Waals surface area contributed by atoms with Gasteiger partial charge in [0.2, 0.25) is 0 Å². The first-order chi connectivity index (χ1) is 18.8. The molecule has 15 heteroatoms. The number of rotatable bonds is 6. The summed E-state index contributed by atoms with van der Waals surface area (Å²) < 4.78 is 68.0. The molecule has 0 saturated heterocycles. The summed E-state index contributed by atoms with van der Waals surface area (Å²) in [6, 6.07) is 15.8. The molecule has 2 aromatic heterocycles. The first-order valence-electron chi connectivity index (χ1n) is 11.2. The number of hydrogen-bond acceptors (Lipinski definition) is 8. The molecule has 3 aromatic carbocycles. The molecule has 0 aliphatic rings. The fourth-order valence-corrected chi connectivity index (χ4v) is 5.88. The van der Waals surface area contributed by atoms with Gasteiger partial charge >= 0.3 is 41.5 Å². The van der Waals surface area contributed by atoms with Crippen LogP contribution in [0.5, 0.6) is 0 Å². The molecule has 0 saturated carbocycles. The summed E-state index contributed by atoms with van der Waals surface area (Å²) in [4.78, 5) is 31.3. The van der Waals surface area contributed by atoms with Crippen molar-refractivity contribution in [2.45, 2.75) is 9.79 Å². The van der Waals surface area contributed by atoms with Crippen molar-refractivity contribution >= 4 is 54.0 Å². The van der Waals surface area contributed by atoms with Crippen LogP contribution in [-0.4, -0.2) is 58.1 Å². The van der Waals surface area contributed by atoms with Gasteiger partial charge in [-0.05, 0) is 35.4 Å². The van der Waals surface area contributed by atoms with E-state index in [1.807, 2.05) is 0 Å². The van der Waals surface area contributed by atoms with Gasteiger partial charge in [-0.2, -0.15) is 16.8 Å². The molecule has 12 nitrogen and oxygen atoms in total. The fraction of sp³-hybridized carbons (Fsp3) is 0. The van der Waals surface area contributed by atoms with Crippen molar-refractivity contribution < 1.29 is 76.7 Å². The third-order valence-electron chi connectivity index (χ3n) is 6.11. The number of carbonyl (C=O) groups is 2. The third kappa shape index (κ3) is 5.58. The normalized spacial score (nSPS) is 11.8.